The number of alkyl halides is 6. The summed E-state index contributed by atoms with van der Waals surface area (Å²) in [4.78, 5) is 15.2. The number of nitrogens with one attached hydrogen (secondary N) is 1. The zero-order valence-corrected chi connectivity index (χ0v) is 24.3. The Bertz CT molecular complexity index is 1440. The monoisotopic (exact) mass is 672 g/mol. The molecule has 0 fully saturated rings. The van der Waals surface area contributed by atoms with Crippen molar-refractivity contribution in [3.8, 4) is 11.3 Å². The fourth-order valence-electron chi connectivity index (χ4n) is 3.61. The largest absolute Gasteiger partial charge is 0.476 e. The molecule has 234 valence electrons. The van der Waals surface area contributed by atoms with Gasteiger partial charge in [0, 0.05) is 42.6 Å². The summed E-state index contributed by atoms with van der Waals surface area (Å²) in [5, 5.41) is 20.3. The van der Waals surface area contributed by atoms with E-state index in [1.54, 1.807) is 0 Å². The van der Waals surface area contributed by atoms with Crippen molar-refractivity contribution in [3.63, 3.8) is 0 Å². The molecule has 43 heavy (non-hydrogen) atoms. The quantitative estimate of drug-likeness (QED) is 0.147. The van der Waals surface area contributed by atoms with Gasteiger partial charge >= 0.3 is 18.3 Å². The van der Waals surface area contributed by atoms with Gasteiger partial charge in [0.25, 0.3) is 0 Å². The Hall–Kier alpha value is -3.43. The molecular weight excluding hydrogens is 649 g/mol. The third-order valence-corrected chi connectivity index (χ3v) is 5.83. The van der Waals surface area contributed by atoms with Crippen LogP contribution >= 0.6 is 36.4 Å². The van der Waals surface area contributed by atoms with Gasteiger partial charge in [0.15, 0.2) is 5.69 Å². The van der Waals surface area contributed by atoms with E-state index in [1.165, 1.54) is 24.5 Å². The SMILES string of the molecule is Cl.Cl.NCCNCc1ccccc1Cl.O=C(O)c1nnn(Cc2cc(C(F)(F)F)cc(C(F)(F)F)c2)c1-c1ccncc1. The fourth-order valence-corrected chi connectivity index (χ4v) is 3.82. The molecule has 4 aromatic rings. The van der Waals surface area contributed by atoms with Crippen molar-refractivity contribution in [1.29, 1.82) is 0 Å². The number of hydrogen-bond donors (Lipinski definition) is 3. The van der Waals surface area contributed by atoms with Crippen molar-refractivity contribution in [2.24, 2.45) is 5.73 Å². The predicted molar refractivity (Wildman–Crippen MR) is 152 cm³/mol. The molecule has 0 bridgehead atoms. The van der Waals surface area contributed by atoms with E-state index in [0.29, 0.717) is 18.7 Å². The minimum Gasteiger partial charge on any atom is -0.476 e. The number of benzene rings is 2. The van der Waals surface area contributed by atoms with Crippen LogP contribution < -0.4 is 11.1 Å². The summed E-state index contributed by atoms with van der Waals surface area (Å²) in [7, 11) is 0. The number of rotatable bonds is 8. The van der Waals surface area contributed by atoms with Gasteiger partial charge in [0.05, 0.1) is 17.7 Å². The van der Waals surface area contributed by atoms with Crippen LogP contribution in [0.3, 0.4) is 0 Å². The highest BCUT2D eigenvalue weighted by atomic mass is 35.5. The molecule has 4 N–H and O–H groups in total. The van der Waals surface area contributed by atoms with E-state index in [2.05, 4.69) is 20.6 Å². The van der Waals surface area contributed by atoms with Crippen LogP contribution in [0.1, 0.15) is 32.7 Å². The summed E-state index contributed by atoms with van der Waals surface area (Å²) < 4.78 is 79.2. The Morgan fingerprint density at radius 1 is 0.953 bits per heavy atom. The number of pyridine rings is 1. The summed E-state index contributed by atoms with van der Waals surface area (Å²) in [5.41, 5.74) is 2.83. The van der Waals surface area contributed by atoms with E-state index in [9.17, 15) is 36.2 Å². The van der Waals surface area contributed by atoms with Crippen LogP contribution in [0.25, 0.3) is 11.3 Å². The number of hydrogen-bond acceptors (Lipinski definition) is 6. The van der Waals surface area contributed by atoms with E-state index in [0.717, 1.165) is 28.4 Å². The molecule has 8 nitrogen and oxygen atoms in total. The molecule has 4 rings (SSSR count). The van der Waals surface area contributed by atoms with Gasteiger partial charge in [-0.1, -0.05) is 35.0 Å². The zero-order valence-electron chi connectivity index (χ0n) is 21.9. The molecule has 0 aliphatic heterocycles. The van der Waals surface area contributed by atoms with Crippen molar-refractivity contribution < 1.29 is 36.2 Å². The Morgan fingerprint density at radius 2 is 1.53 bits per heavy atom. The van der Waals surface area contributed by atoms with Gasteiger partial charge in [0.1, 0.15) is 5.69 Å². The van der Waals surface area contributed by atoms with E-state index in [4.69, 9.17) is 17.3 Å². The number of aromatic nitrogens is 4. The Morgan fingerprint density at radius 3 is 2.05 bits per heavy atom. The van der Waals surface area contributed by atoms with Gasteiger partial charge < -0.3 is 16.2 Å². The lowest BCUT2D eigenvalue weighted by atomic mass is 10.0. The second-order valence-corrected chi connectivity index (χ2v) is 8.86. The van der Waals surface area contributed by atoms with Gasteiger partial charge in [-0.3, -0.25) is 4.98 Å². The van der Waals surface area contributed by atoms with Crippen molar-refractivity contribution >= 4 is 42.4 Å². The maximum atomic E-state index is 13.0. The van der Waals surface area contributed by atoms with E-state index < -0.39 is 41.7 Å². The van der Waals surface area contributed by atoms with Crippen LogP contribution in [0.5, 0.6) is 0 Å². The standard InChI is InChI=1S/C17H10F6N4O2.C9H13ClN2.2ClH/c18-16(19,20)11-5-9(6-12(7-11)17(21,22)23)8-27-14(10-1-3-24-4-2-10)13(15(28)29)25-26-27;10-9-4-2-1-3-8(9)7-12-6-5-11;;/h1-7H,8H2,(H,28,29);1-4,12H,5-7,11H2;2*1H. The maximum absolute atomic E-state index is 13.0. The topological polar surface area (TPSA) is 119 Å². The summed E-state index contributed by atoms with van der Waals surface area (Å²) in [6.07, 6.45) is -7.33. The molecular formula is C26H25Cl3F6N6O2. The molecule has 0 spiro atoms. The molecule has 2 aromatic carbocycles. The number of carbonyl (C=O) groups is 1. The highest BCUT2D eigenvalue weighted by molar-refractivity contribution is 6.31. The first-order valence-electron chi connectivity index (χ1n) is 11.8. The zero-order chi connectivity index (χ0) is 30.2. The van der Waals surface area contributed by atoms with Gasteiger partial charge in [-0.05, 0) is 47.5 Å². The Balaban J connectivity index is 0.000000559. The first-order valence-corrected chi connectivity index (χ1v) is 12.2. The predicted octanol–water partition coefficient (Wildman–Crippen LogP) is 6.36. The number of nitrogens with two attached hydrogens (primary N) is 1. The second kappa shape index (κ2) is 16.4. The summed E-state index contributed by atoms with van der Waals surface area (Å²) in [6.45, 7) is 1.71. The molecule has 0 saturated heterocycles. The average Bonchev–Trinajstić information content (AvgIpc) is 3.33. The third kappa shape index (κ3) is 10.7. The molecule has 0 saturated carbocycles. The Labute approximate surface area is 259 Å². The van der Waals surface area contributed by atoms with Crippen LogP contribution in [0.4, 0.5) is 26.3 Å². The molecule has 0 amide bonds. The van der Waals surface area contributed by atoms with Crippen LogP contribution in [-0.4, -0.2) is 44.1 Å². The normalized spacial score (nSPS) is 11.1. The number of halogens is 9. The lowest BCUT2D eigenvalue weighted by molar-refractivity contribution is -0.143. The summed E-state index contributed by atoms with van der Waals surface area (Å²) in [5.74, 6) is -1.46. The molecule has 0 atom stereocenters. The van der Waals surface area contributed by atoms with Crippen LogP contribution in [0.2, 0.25) is 5.02 Å². The fraction of sp³-hybridized carbons (Fsp3) is 0.231. The molecule has 0 radical (unpaired) electrons. The second-order valence-electron chi connectivity index (χ2n) is 8.46. The maximum Gasteiger partial charge on any atom is 0.416 e. The summed E-state index contributed by atoms with van der Waals surface area (Å²) >= 11 is 5.93. The highest BCUT2D eigenvalue weighted by Gasteiger charge is 2.37. The van der Waals surface area contributed by atoms with Crippen molar-refractivity contribution in [2.45, 2.75) is 25.4 Å². The number of carboxylic acids is 1. The van der Waals surface area contributed by atoms with E-state index >= 15 is 0 Å². The number of aromatic carboxylic acids is 1. The van der Waals surface area contributed by atoms with Crippen LogP contribution in [0.15, 0.2) is 67.0 Å². The van der Waals surface area contributed by atoms with Gasteiger partial charge in [-0.25, -0.2) is 9.48 Å². The Kier molecular flexibility index (Phi) is 14.4. The van der Waals surface area contributed by atoms with Gasteiger partial charge in [0.2, 0.25) is 0 Å². The number of carboxylic acid groups (broad SMARTS) is 1. The van der Waals surface area contributed by atoms with Crippen molar-refractivity contribution in [2.75, 3.05) is 13.1 Å². The minimum atomic E-state index is -5.00. The average molecular weight is 674 g/mol. The smallest absolute Gasteiger partial charge is 0.416 e. The summed E-state index contributed by atoms with van der Waals surface area (Å²) in [6, 6.07) is 11.7. The van der Waals surface area contributed by atoms with Crippen molar-refractivity contribution in [1.82, 2.24) is 25.3 Å². The van der Waals surface area contributed by atoms with Crippen LogP contribution in [-0.2, 0) is 25.4 Å². The minimum absolute atomic E-state index is 0. The first kappa shape index (κ1) is 37.6. The van der Waals surface area contributed by atoms with Gasteiger partial charge in [-0.2, -0.15) is 26.3 Å². The van der Waals surface area contributed by atoms with Gasteiger partial charge in [-0.15, -0.1) is 29.9 Å². The highest BCUT2D eigenvalue weighted by Crippen LogP contribution is 2.36. The number of nitrogens with zero attached hydrogens (tertiary/aromatic N) is 4. The first-order chi connectivity index (χ1) is 19.3. The molecule has 0 aliphatic carbocycles. The molecule has 0 unspecified atom stereocenters. The van der Waals surface area contributed by atoms with Crippen LogP contribution in [0, 0.1) is 0 Å². The molecule has 2 heterocycles. The van der Waals surface area contributed by atoms with Crippen molar-refractivity contribution in [3.05, 3.63) is 100.0 Å². The lowest BCUT2D eigenvalue weighted by Crippen LogP contribution is -2.21. The van der Waals surface area contributed by atoms with E-state index in [-0.39, 0.29) is 47.7 Å². The molecule has 0 aliphatic rings. The third-order valence-electron chi connectivity index (χ3n) is 5.47. The molecule has 17 heteroatoms. The van der Waals surface area contributed by atoms with E-state index in [1.807, 2.05) is 24.3 Å². The lowest BCUT2D eigenvalue weighted by Gasteiger charge is -2.15. The molecule has 2 aromatic heterocycles.